The fourth-order valence-electron chi connectivity index (χ4n) is 3.16. The minimum Gasteiger partial charge on any atom is -0.386 e. The van der Waals surface area contributed by atoms with E-state index in [1.165, 1.54) is 24.9 Å². The van der Waals surface area contributed by atoms with E-state index in [1.807, 2.05) is 0 Å². The number of nitrogens with one attached hydrogen (secondary N) is 1. The standard InChI is InChI=1S/C15H22N4/c16-15-9-14(17-18-15)13-7-4-8-19(11-13)10-12-5-2-1-3-6-12/h1-3,5-6,13-14,17H,4,7-11H2,(H2,16,18). The predicted octanol–water partition coefficient (Wildman–Crippen LogP) is 1.53. The summed E-state index contributed by atoms with van der Waals surface area (Å²) in [4.78, 5) is 2.56. The van der Waals surface area contributed by atoms with Crippen molar-refractivity contribution in [1.82, 2.24) is 10.3 Å². The molecular weight excluding hydrogens is 236 g/mol. The number of rotatable bonds is 3. The topological polar surface area (TPSA) is 53.6 Å². The molecule has 3 rings (SSSR count). The molecule has 2 heterocycles. The van der Waals surface area contributed by atoms with E-state index in [0.29, 0.717) is 12.0 Å². The molecule has 0 saturated carbocycles. The quantitative estimate of drug-likeness (QED) is 0.864. The average Bonchev–Trinajstić information content (AvgIpc) is 2.87. The Bertz CT molecular complexity index is 443. The minimum atomic E-state index is 0.443. The Labute approximate surface area is 114 Å². The molecule has 0 amide bonds. The molecule has 3 N–H and O–H groups in total. The van der Waals surface area contributed by atoms with Gasteiger partial charge in [0.05, 0.1) is 6.04 Å². The maximum atomic E-state index is 5.76. The van der Waals surface area contributed by atoms with Crippen molar-refractivity contribution in [1.29, 1.82) is 0 Å². The lowest BCUT2D eigenvalue weighted by Gasteiger charge is -2.35. The molecule has 2 atom stereocenters. The van der Waals surface area contributed by atoms with E-state index in [4.69, 9.17) is 5.73 Å². The molecule has 0 radical (unpaired) electrons. The highest BCUT2D eigenvalue weighted by Gasteiger charge is 2.30. The summed E-state index contributed by atoms with van der Waals surface area (Å²) in [7, 11) is 0. The molecule has 1 saturated heterocycles. The van der Waals surface area contributed by atoms with Crippen LogP contribution < -0.4 is 11.2 Å². The number of hydrogen-bond acceptors (Lipinski definition) is 4. The van der Waals surface area contributed by atoms with Gasteiger partial charge in [-0.05, 0) is 30.9 Å². The highest BCUT2D eigenvalue weighted by molar-refractivity contribution is 5.82. The molecule has 2 unspecified atom stereocenters. The zero-order valence-corrected chi connectivity index (χ0v) is 11.3. The van der Waals surface area contributed by atoms with E-state index < -0.39 is 0 Å². The first kappa shape index (κ1) is 12.5. The lowest BCUT2D eigenvalue weighted by Crippen LogP contribution is -2.43. The monoisotopic (exact) mass is 258 g/mol. The third kappa shape index (κ3) is 3.07. The van der Waals surface area contributed by atoms with Gasteiger partial charge in [-0.2, -0.15) is 5.10 Å². The normalized spacial score (nSPS) is 27.9. The third-order valence-corrected chi connectivity index (χ3v) is 4.16. The van der Waals surface area contributed by atoms with E-state index in [-0.39, 0.29) is 0 Å². The van der Waals surface area contributed by atoms with Crippen molar-refractivity contribution in [2.75, 3.05) is 13.1 Å². The van der Waals surface area contributed by atoms with Crippen LogP contribution in [0.3, 0.4) is 0 Å². The van der Waals surface area contributed by atoms with E-state index in [0.717, 1.165) is 25.3 Å². The zero-order valence-electron chi connectivity index (χ0n) is 11.3. The Morgan fingerprint density at radius 3 is 2.89 bits per heavy atom. The van der Waals surface area contributed by atoms with Gasteiger partial charge >= 0.3 is 0 Å². The highest BCUT2D eigenvalue weighted by Crippen LogP contribution is 2.24. The molecule has 19 heavy (non-hydrogen) atoms. The van der Waals surface area contributed by atoms with Crippen molar-refractivity contribution in [3.05, 3.63) is 35.9 Å². The van der Waals surface area contributed by atoms with Crippen LogP contribution in [0.5, 0.6) is 0 Å². The Balaban J connectivity index is 1.56. The van der Waals surface area contributed by atoms with Gasteiger partial charge in [0.25, 0.3) is 0 Å². The van der Waals surface area contributed by atoms with Crippen LogP contribution >= 0.6 is 0 Å². The van der Waals surface area contributed by atoms with Crippen molar-refractivity contribution in [2.45, 2.75) is 31.8 Å². The highest BCUT2D eigenvalue weighted by atomic mass is 15.4. The summed E-state index contributed by atoms with van der Waals surface area (Å²) >= 11 is 0. The largest absolute Gasteiger partial charge is 0.386 e. The Kier molecular flexibility index (Phi) is 3.69. The van der Waals surface area contributed by atoms with Gasteiger partial charge in [-0.25, -0.2) is 0 Å². The second-order valence-electron chi connectivity index (χ2n) is 5.67. The maximum Gasteiger partial charge on any atom is 0.121 e. The molecule has 102 valence electrons. The smallest absolute Gasteiger partial charge is 0.121 e. The summed E-state index contributed by atoms with van der Waals surface area (Å²) in [5.74, 6) is 1.42. The fraction of sp³-hybridized carbons (Fsp3) is 0.533. The predicted molar refractivity (Wildman–Crippen MR) is 77.6 cm³/mol. The van der Waals surface area contributed by atoms with Gasteiger partial charge < -0.3 is 11.2 Å². The van der Waals surface area contributed by atoms with Gasteiger partial charge in [-0.3, -0.25) is 4.90 Å². The van der Waals surface area contributed by atoms with Crippen molar-refractivity contribution in [3.8, 4) is 0 Å². The lowest BCUT2D eigenvalue weighted by atomic mass is 9.89. The van der Waals surface area contributed by atoms with E-state index in [2.05, 4.69) is 45.8 Å². The molecule has 0 spiro atoms. The summed E-state index contributed by atoms with van der Waals surface area (Å²) in [5, 5.41) is 4.13. The summed E-state index contributed by atoms with van der Waals surface area (Å²) in [6.07, 6.45) is 3.46. The molecule has 0 bridgehead atoms. The molecule has 1 aromatic carbocycles. The zero-order chi connectivity index (χ0) is 13.1. The summed E-state index contributed by atoms with van der Waals surface area (Å²) in [5.41, 5.74) is 10.4. The first-order valence-corrected chi connectivity index (χ1v) is 7.15. The molecule has 4 nitrogen and oxygen atoms in total. The Morgan fingerprint density at radius 1 is 1.32 bits per heavy atom. The summed E-state index contributed by atoms with van der Waals surface area (Å²) in [6.45, 7) is 3.41. The van der Waals surface area contributed by atoms with E-state index >= 15 is 0 Å². The van der Waals surface area contributed by atoms with Gasteiger partial charge in [0, 0.05) is 19.5 Å². The Morgan fingerprint density at radius 2 is 2.16 bits per heavy atom. The molecule has 2 aliphatic heterocycles. The third-order valence-electron chi connectivity index (χ3n) is 4.16. The van der Waals surface area contributed by atoms with Crippen molar-refractivity contribution in [3.63, 3.8) is 0 Å². The Hall–Kier alpha value is -1.55. The number of likely N-dealkylation sites (tertiary alicyclic amines) is 1. The van der Waals surface area contributed by atoms with Crippen LogP contribution in [0, 0.1) is 5.92 Å². The average molecular weight is 258 g/mol. The second kappa shape index (κ2) is 5.61. The van der Waals surface area contributed by atoms with Crippen LogP contribution in [0.2, 0.25) is 0 Å². The molecule has 0 aliphatic carbocycles. The number of hydrogen-bond donors (Lipinski definition) is 2. The van der Waals surface area contributed by atoms with Crippen LogP contribution in [0.15, 0.2) is 35.4 Å². The minimum absolute atomic E-state index is 0.443. The van der Waals surface area contributed by atoms with Gasteiger partial charge in [0.1, 0.15) is 5.84 Å². The van der Waals surface area contributed by atoms with E-state index in [1.54, 1.807) is 0 Å². The van der Waals surface area contributed by atoms with Gasteiger partial charge in [0.15, 0.2) is 0 Å². The molecule has 2 aliphatic rings. The number of nitrogens with two attached hydrogens (primary N) is 1. The van der Waals surface area contributed by atoms with E-state index in [9.17, 15) is 0 Å². The van der Waals surface area contributed by atoms with Crippen molar-refractivity contribution < 1.29 is 0 Å². The maximum absolute atomic E-state index is 5.76. The van der Waals surface area contributed by atoms with Gasteiger partial charge in [-0.15, -0.1) is 0 Å². The SMILES string of the molecule is NC1=NNC(C2CCCN(Cc3ccccc3)C2)C1. The van der Waals surface area contributed by atoms with Crippen molar-refractivity contribution >= 4 is 5.84 Å². The summed E-state index contributed by atoms with van der Waals surface area (Å²) in [6, 6.07) is 11.2. The number of nitrogens with zero attached hydrogens (tertiary/aromatic N) is 2. The molecule has 1 fully saturated rings. The molecule has 4 heteroatoms. The van der Waals surface area contributed by atoms with Gasteiger partial charge in [0.2, 0.25) is 0 Å². The van der Waals surface area contributed by atoms with Gasteiger partial charge in [-0.1, -0.05) is 30.3 Å². The molecular formula is C15H22N4. The first-order valence-electron chi connectivity index (χ1n) is 7.15. The fourth-order valence-corrected chi connectivity index (χ4v) is 3.16. The van der Waals surface area contributed by atoms with Crippen LogP contribution in [0.25, 0.3) is 0 Å². The summed E-state index contributed by atoms with van der Waals surface area (Å²) < 4.78 is 0. The molecule has 1 aromatic rings. The number of benzene rings is 1. The number of amidine groups is 1. The molecule has 0 aromatic heterocycles. The second-order valence-corrected chi connectivity index (χ2v) is 5.67. The van der Waals surface area contributed by atoms with Crippen LogP contribution in [0.4, 0.5) is 0 Å². The lowest BCUT2D eigenvalue weighted by molar-refractivity contribution is 0.145. The van der Waals surface area contributed by atoms with Crippen molar-refractivity contribution in [2.24, 2.45) is 16.8 Å². The van der Waals surface area contributed by atoms with Crippen LogP contribution in [-0.4, -0.2) is 29.9 Å². The number of piperidine rings is 1. The first-order chi connectivity index (χ1) is 9.31. The van der Waals surface area contributed by atoms with Crippen LogP contribution in [-0.2, 0) is 6.54 Å². The number of hydrazone groups is 1. The van der Waals surface area contributed by atoms with Crippen LogP contribution in [0.1, 0.15) is 24.8 Å².